The second kappa shape index (κ2) is 20.1. The van der Waals surface area contributed by atoms with Gasteiger partial charge in [0.05, 0.1) is 16.5 Å². The normalized spacial score (nSPS) is 13.1. The first kappa shape index (κ1) is 54.1. The van der Waals surface area contributed by atoms with Gasteiger partial charge in [0.2, 0.25) is 0 Å². The van der Waals surface area contributed by atoms with Crippen LogP contribution < -0.4 is 9.80 Å². The Morgan fingerprint density at radius 3 is 1.53 bits per heavy atom. The van der Waals surface area contributed by atoms with E-state index in [9.17, 15) is 0 Å². The topological polar surface area (TPSA) is 45.4 Å². The number of hydrogen-bond donors (Lipinski definition) is 0. The van der Waals surface area contributed by atoms with Gasteiger partial charge in [-0.2, -0.15) is 0 Å². The molecular formula is C84H68N4O. The Kier molecular flexibility index (Phi) is 12.2. The highest BCUT2D eigenvalue weighted by Gasteiger charge is 2.55. The van der Waals surface area contributed by atoms with E-state index in [1.807, 2.05) is 12.4 Å². The highest BCUT2D eigenvalue weighted by atomic mass is 16.3. The van der Waals surface area contributed by atoms with Crippen molar-refractivity contribution in [1.29, 1.82) is 0 Å². The molecule has 11 aromatic carbocycles. The minimum Gasteiger partial charge on any atom is -0.455 e. The minimum atomic E-state index is -0.827. The van der Waals surface area contributed by atoms with Crippen molar-refractivity contribution in [3.05, 3.63) is 299 Å². The van der Waals surface area contributed by atoms with Crippen LogP contribution in [0.25, 0.3) is 88.0 Å². The molecule has 0 saturated carbocycles. The van der Waals surface area contributed by atoms with Crippen molar-refractivity contribution >= 4 is 77.9 Å². The lowest BCUT2D eigenvalue weighted by molar-refractivity contribution is 0.590. The summed E-state index contributed by atoms with van der Waals surface area (Å²) in [5.74, 6) is 1.71. The zero-order valence-electron chi connectivity index (χ0n) is 51.9. The Labute approximate surface area is 521 Å². The number of benzene rings is 11. The van der Waals surface area contributed by atoms with Gasteiger partial charge in [-0.15, -0.1) is 0 Å². The van der Waals surface area contributed by atoms with E-state index in [2.05, 4.69) is 309 Å². The maximum Gasteiger partial charge on any atom is 0.145 e. The van der Waals surface area contributed by atoms with Gasteiger partial charge in [0.15, 0.2) is 0 Å². The fourth-order valence-electron chi connectivity index (χ4n) is 14.9. The molecule has 89 heavy (non-hydrogen) atoms. The monoisotopic (exact) mass is 1150 g/mol. The number of hydrogen-bond acceptors (Lipinski definition) is 5. The number of pyridine rings is 2. The van der Waals surface area contributed by atoms with Crippen molar-refractivity contribution < 1.29 is 4.42 Å². The molecule has 5 heteroatoms. The molecule has 0 bridgehead atoms. The van der Waals surface area contributed by atoms with Gasteiger partial charge in [-0.05, 0) is 192 Å². The summed E-state index contributed by atoms with van der Waals surface area (Å²) >= 11 is 0. The molecule has 0 radical (unpaired) electrons. The first-order valence-electron chi connectivity index (χ1n) is 31.2. The summed E-state index contributed by atoms with van der Waals surface area (Å²) in [5.41, 5.74) is 24.8. The van der Waals surface area contributed by atoms with Gasteiger partial charge in [-0.1, -0.05) is 217 Å². The number of aryl methyl sites for hydroxylation is 3. The Morgan fingerprint density at radius 1 is 0.382 bits per heavy atom. The average molecular weight is 1150 g/mol. The predicted octanol–water partition coefficient (Wildman–Crippen LogP) is 22.8. The minimum absolute atomic E-state index is 0.0274. The summed E-state index contributed by atoms with van der Waals surface area (Å²) < 4.78 is 7.64. The van der Waals surface area contributed by atoms with E-state index in [4.69, 9.17) is 14.4 Å². The van der Waals surface area contributed by atoms with Crippen molar-refractivity contribution in [2.45, 2.75) is 78.6 Å². The molecule has 0 fully saturated rings. The lowest BCUT2D eigenvalue weighted by Crippen LogP contribution is -2.27. The summed E-state index contributed by atoms with van der Waals surface area (Å²) in [7, 11) is 0. The third kappa shape index (κ3) is 8.28. The van der Waals surface area contributed by atoms with E-state index in [-0.39, 0.29) is 10.8 Å². The number of anilines is 6. The second-order valence-electron chi connectivity index (χ2n) is 26.7. The number of aromatic nitrogens is 2. The van der Waals surface area contributed by atoms with Crippen LogP contribution in [0.2, 0.25) is 0 Å². The van der Waals surface area contributed by atoms with Crippen LogP contribution in [0.15, 0.2) is 253 Å². The van der Waals surface area contributed by atoms with Gasteiger partial charge in [0, 0.05) is 51.5 Å². The Bertz CT molecular complexity index is 5150. The maximum atomic E-state index is 7.64. The van der Waals surface area contributed by atoms with Crippen LogP contribution in [0.5, 0.6) is 0 Å². The van der Waals surface area contributed by atoms with Gasteiger partial charge < -0.3 is 4.42 Å². The molecular weight excluding hydrogens is 1080 g/mol. The van der Waals surface area contributed by atoms with Crippen LogP contribution >= 0.6 is 0 Å². The van der Waals surface area contributed by atoms with Crippen LogP contribution in [0.1, 0.15) is 91.6 Å². The Hall–Kier alpha value is -10.4. The van der Waals surface area contributed by atoms with Gasteiger partial charge in [0.25, 0.3) is 0 Å². The highest BCUT2D eigenvalue weighted by Crippen LogP contribution is 2.68. The summed E-state index contributed by atoms with van der Waals surface area (Å²) in [6.07, 6.45) is 4.03. The third-order valence-corrected chi connectivity index (χ3v) is 19.1. The van der Waals surface area contributed by atoms with E-state index < -0.39 is 5.41 Å². The fourth-order valence-corrected chi connectivity index (χ4v) is 14.9. The van der Waals surface area contributed by atoms with Crippen LogP contribution in [-0.4, -0.2) is 9.97 Å². The van der Waals surface area contributed by atoms with Crippen molar-refractivity contribution in [3.8, 4) is 44.5 Å². The quantitative estimate of drug-likeness (QED) is 0.142. The van der Waals surface area contributed by atoms with E-state index in [1.54, 1.807) is 0 Å². The Morgan fingerprint density at radius 2 is 0.899 bits per heavy atom. The first-order valence-corrected chi connectivity index (χ1v) is 31.2. The summed E-state index contributed by atoms with van der Waals surface area (Å²) in [6, 6.07) is 88.1. The standard InChI is InChI=1S/C84H68N4O/c1-51-45-67(54-24-11-10-12-25-54)80(85-49-51)87(57-39-35-55(36-40-57)82(4,5)6)59-43-44-65-68(47-59)61-27-15-16-30-64(61)76-77-72(84(78(65)76)70-32-20-17-28-62(70)63-29-18-21-33-71(63)84)48-73(75-66-31-19-22-34-74(66)89-79(75)77)88(58-41-37-56(38-42-58)83(7,8)9)81-69(46-52(2)50-86-81)60-26-14-13-23-53(60)3/h10-50H,1-9H3. The molecule has 2 aliphatic rings. The largest absolute Gasteiger partial charge is 0.455 e. The van der Waals surface area contributed by atoms with E-state index in [0.717, 1.165) is 111 Å². The molecule has 0 saturated heterocycles. The lowest BCUT2D eigenvalue weighted by atomic mass is 9.69. The molecule has 16 rings (SSSR count). The first-order chi connectivity index (χ1) is 43.2. The number of para-hydroxylation sites is 1. The number of furan rings is 1. The maximum absolute atomic E-state index is 7.64. The Balaban J connectivity index is 1.05. The van der Waals surface area contributed by atoms with Gasteiger partial charge in [-0.25, -0.2) is 9.97 Å². The molecule has 0 amide bonds. The third-order valence-electron chi connectivity index (χ3n) is 19.1. The van der Waals surface area contributed by atoms with Crippen LogP contribution in [0.4, 0.5) is 34.4 Å². The van der Waals surface area contributed by atoms with Crippen molar-refractivity contribution in [3.63, 3.8) is 0 Å². The summed E-state index contributed by atoms with van der Waals surface area (Å²) in [5, 5.41) is 6.74. The average Bonchev–Trinajstić information content (AvgIpc) is 1.49. The molecule has 2 aliphatic carbocycles. The lowest BCUT2D eigenvalue weighted by Gasteiger charge is -2.34. The summed E-state index contributed by atoms with van der Waals surface area (Å²) in [4.78, 5) is 15.8. The predicted molar refractivity (Wildman–Crippen MR) is 372 cm³/mol. The molecule has 430 valence electrons. The second-order valence-corrected chi connectivity index (χ2v) is 26.7. The summed E-state index contributed by atoms with van der Waals surface area (Å²) in [6.45, 7) is 20.2. The number of nitrogens with zero attached hydrogens (tertiary/aromatic N) is 4. The van der Waals surface area contributed by atoms with Crippen LogP contribution in [0, 0.1) is 20.8 Å². The number of fused-ring (bicyclic) bond motifs is 19. The zero-order chi connectivity index (χ0) is 60.7. The SMILES string of the molecule is Cc1cnc(N(c2ccc(C(C)(C)C)cc2)c2ccc3c4c(c5ccccc5c3c2)-c2c(cc(N(c3ccc(C(C)(C)C)cc3)c3ncc(C)cc3-c3ccccc3C)c3c2oc2ccccc23)C42c3ccccc3-c3ccccc32)c(-c2ccccc2)c1. The van der Waals surface area contributed by atoms with Gasteiger partial charge in [-0.3, -0.25) is 9.80 Å². The van der Waals surface area contributed by atoms with Crippen molar-refractivity contribution in [2.75, 3.05) is 9.80 Å². The van der Waals surface area contributed by atoms with Crippen molar-refractivity contribution in [2.24, 2.45) is 0 Å². The van der Waals surface area contributed by atoms with E-state index in [1.165, 1.54) is 61.0 Å². The number of rotatable bonds is 8. The molecule has 0 N–H and O–H groups in total. The van der Waals surface area contributed by atoms with Gasteiger partial charge >= 0.3 is 0 Å². The fraction of sp³-hybridized carbons (Fsp3) is 0.143. The van der Waals surface area contributed by atoms with Crippen molar-refractivity contribution in [1.82, 2.24) is 9.97 Å². The molecule has 3 aromatic heterocycles. The molecule has 14 aromatic rings. The van der Waals surface area contributed by atoms with E-state index in [0.29, 0.717) is 0 Å². The molecule has 0 unspecified atom stereocenters. The molecule has 3 heterocycles. The molecule has 0 aliphatic heterocycles. The molecule has 5 nitrogen and oxygen atoms in total. The molecule has 1 spiro atoms. The van der Waals surface area contributed by atoms with Crippen LogP contribution in [-0.2, 0) is 16.2 Å². The van der Waals surface area contributed by atoms with E-state index >= 15 is 0 Å². The molecule has 0 atom stereocenters. The van der Waals surface area contributed by atoms with Crippen LogP contribution in [0.3, 0.4) is 0 Å². The zero-order valence-corrected chi connectivity index (χ0v) is 51.9. The van der Waals surface area contributed by atoms with Gasteiger partial charge in [0.1, 0.15) is 22.8 Å². The smallest absolute Gasteiger partial charge is 0.145 e. The highest BCUT2D eigenvalue weighted by molar-refractivity contribution is 6.27.